The molecule has 0 bridgehead atoms. The lowest BCUT2D eigenvalue weighted by atomic mass is 9.96. The van der Waals surface area contributed by atoms with Gasteiger partial charge in [0, 0.05) is 38.0 Å². The van der Waals surface area contributed by atoms with Crippen LogP contribution in [-0.2, 0) is 20.7 Å². The Morgan fingerprint density at radius 2 is 1.79 bits per heavy atom. The van der Waals surface area contributed by atoms with E-state index in [4.69, 9.17) is 4.74 Å². The second-order valence-corrected chi connectivity index (χ2v) is 9.15. The van der Waals surface area contributed by atoms with Gasteiger partial charge in [-0.3, -0.25) is 19.3 Å². The molecule has 0 aliphatic carbocycles. The van der Waals surface area contributed by atoms with Gasteiger partial charge in [-0.25, -0.2) is 0 Å². The number of hydrogen-bond acceptors (Lipinski definition) is 4. The number of hydrogen-bond donors (Lipinski definition) is 1. The van der Waals surface area contributed by atoms with Crippen molar-refractivity contribution in [1.29, 1.82) is 0 Å². The van der Waals surface area contributed by atoms with Crippen molar-refractivity contribution in [3.05, 3.63) is 71.3 Å². The SMILES string of the molecule is CCCNC(=O)C1COC2(CCN(C(=O)Cc3ccccc3)CC2)N1C(=O)c1cccc(C)c1. The number of piperidine rings is 1. The van der Waals surface area contributed by atoms with Gasteiger partial charge in [-0.15, -0.1) is 0 Å². The molecule has 180 valence electrons. The topological polar surface area (TPSA) is 79.0 Å². The Morgan fingerprint density at radius 1 is 1.06 bits per heavy atom. The summed E-state index contributed by atoms with van der Waals surface area (Å²) in [4.78, 5) is 43.0. The van der Waals surface area contributed by atoms with E-state index in [0.29, 0.717) is 44.5 Å². The monoisotopic (exact) mass is 463 g/mol. The lowest BCUT2D eigenvalue weighted by Gasteiger charge is -2.44. The van der Waals surface area contributed by atoms with Crippen LogP contribution in [0, 0.1) is 6.92 Å². The third-order valence-electron chi connectivity index (χ3n) is 6.69. The van der Waals surface area contributed by atoms with Crippen LogP contribution in [0.4, 0.5) is 0 Å². The van der Waals surface area contributed by atoms with Crippen LogP contribution in [0.1, 0.15) is 47.7 Å². The highest BCUT2D eigenvalue weighted by Gasteiger charge is 2.54. The summed E-state index contributed by atoms with van der Waals surface area (Å²) in [5, 5.41) is 2.92. The molecule has 3 amide bonds. The van der Waals surface area contributed by atoms with Crippen molar-refractivity contribution in [3.8, 4) is 0 Å². The summed E-state index contributed by atoms with van der Waals surface area (Å²) in [5.74, 6) is -0.336. The minimum atomic E-state index is -0.890. The molecule has 2 aliphatic rings. The van der Waals surface area contributed by atoms with Gasteiger partial charge in [-0.1, -0.05) is 55.0 Å². The minimum absolute atomic E-state index is 0.0628. The van der Waals surface area contributed by atoms with E-state index in [1.54, 1.807) is 11.0 Å². The predicted octanol–water partition coefficient (Wildman–Crippen LogP) is 2.92. The largest absolute Gasteiger partial charge is 0.354 e. The number of amides is 3. The molecule has 1 N–H and O–H groups in total. The first-order valence-corrected chi connectivity index (χ1v) is 12.1. The predicted molar refractivity (Wildman–Crippen MR) is 129 cm³/mol. The van der Waals surface area contributed by atoms with Crippen LogP contribution in [0.3, 0.4) is 0 Å². The van der Waals surface area contributed by atoms with E-state index >= 15 is 0 Å². The smallest absolute Gasteiger partial charge is 0.256 e. The first-order valence-electron chi connectivity index (χ1n) is 12.1. The van der Waals surface area contributed by atoms with E-state index < -0.39 is 11.8 Å². The fourth-order valence-electron chi connectivity index (χ4n) is 4.84. The average Bonchev–Trinajstić information content (AvgIpc) is 3.21. The third kappa shape index (κ3) is 4.99. The summed E-state index contributed by atoms with van der Waals surface area (Å²) in [5.41, 5.74) is 1.61. The fourth-order valence-corrected chi connectivity index (χ4v) is 4.84. The molecule has 2 aromatic carbocycles. The van der Waals surface area contributed by atoms with Crippen molar-refractivity contribution < 1.29 is 19.1 Å². The number of ether oxygens (including phenoxy) is 1. The Kier molecular flexibility index (Phi) is 7.32. The Balaban J connectivity index is 1.53. The number of benzene rings is 2. The molecule has 4 rings (SSSR count). The standard InChI is InChI=1S/C27H33N3O4/c1-3-14-28-25(32)23-19-34-27(30(23)26(33)22-11-7-8-20(2)17-22)12-15-29(16-13-27)24(31)18-21-9-5-4-6-10-21/h4-11,17,23H,3,12-16,18-19H2,1-2H3,(H,28,32). The molecule has 2 heterocycles. The van der Waals surface area contributed by atoms with Crippen molar-refractivity contribution in [2.24, 2.45) is 0 Å². The quantitative estimate of drug-likeness (QED) is 0.715. The molecule has 2 saturated heterocycles. The van der Waals surface area contributed by atoms with Crippen LogP contribution in [0.25, 0.3) is 0 Å². The van der Waals surface area contributed by atoms with Crippen molar-refractivity contribution in [2.45, 2.75) is 51.3 Å². The molecular formula is C27H33N3O4. The molecule has 1 spiro atoms. The molecule has 2 aromatic rings. The molecule has 34 heavy (non-hydrogen) atoms. The second-order valence-electron chi connectivity index (χ2n) is 9.15. The molecule has 2 aliphatic heterocycles. The lowest BCUT2D eigenvalue weighted by Crippen LogP contribution is -2.60. The third-order valence-corrected chi connectivity index (χ3v) is 6.69. The maximum absolute atomic E-state index is 13.7. The second kappa shape index (κ2) is 10.4. The summed E-state index contributed by atoms with van der Waals surface area (Å²) in [6.45, 7) is 5.60. The van der Waals surface area contributed by atoms with Gasteiger partial charge in [0.15, 0.2) is 0 Å². The Morgan fingerprint density at radius 3 is 2.47 bits per heavy atom. The Labute approximate surface area is 201 Å². The van der Waals surface area contributed by atoms with Crippen molar-refractivity contribution >= 4 is 17.7 Å². The van der Waals surface area contributed by atoms with Gasteiger partial charge in [-0.05, 0) is 31.0 Å². The summed E-state index contributed by atoms with van der Waals surface area (Å²) < 4.78 is 6.23. The van der Waals surface area contributed by atoms with E-state index in [1.807, 2.05) is 67.3 Å². The number of aryl methyl sites for hydroxylation is 1. The molecule has 1 unspecified atom stereocenters. The van der Waals surface area contributed by atoms with Crippen molar-refractivity contribution in [2.75, 3.05) is 26.2 Å². The van der Waals surface area contributed by atoms with E-state index in [-0.39, 0.29) is 24.3 Å². The molecule has 2 fully saturated rings. The zero-order valence-corrected chi connectivity index (χ0v) is 20.0. The Bertz CT molecular complexity index is 1030. The van der Waals surface area contributed by atoms with Gasteiger partial charge in [0.05, 0.1) is 13.0 Å². The summed E-state index contributed by atoms with van der Waals surface area (Å²) in [6.07, 6.45) is 2.11. The van der Waals surface area contributed by atoms with Gasteiger partial charge >= 0.3 is 0 Å². The number of nitrogens with zero attached hydrogens (tertiary/aromatic N) is 2. The van der Waals surface area contributed by atoms with Crippen LogP contribution in [-0.4, -0.2) is 65.5 Å². The van der Waals surface area contributed by atoms with Crippen LogP contribution in [0.2, 0.25) is 0 Å². The minimum Gasteiger partial charge on any atom is -0.354 e. The molecular weight excluding hydrogens is 430 g/mol. The zero-order valence-electron chi connectivity index (χ0n) is 20.0. The lowest BCUT2D eigenvalue weighted by molar-refractivity contribution is -0.143. The van der Waals surface area contributed by atoms with Crippen molar-refractivity contribution in [1.82, 2.24) is 15.1 Å². The van der Waals surface area contributed by atoms with Crippen molar-refractivity contribution in [3.63, 3.8) is 0 Å². The highest BCUT2D eigenvalue weighted by molar-refractivity contribution is 5.98. The van der Waals surface area contributed by atoms with Gasteiger partial charge in [-0.2, -0.15) is 0 Å². The molecule has 7 nitrogen and oxygen atoms in total. The van der Waals surface area contributed by atoms with E-state index in [9.17, 15) is 14.4 Å². The first kappa shape index (κ1) is 24.0. The molecule has 0 saturated carbocycles. The van der Waals surface area contributed by atoms with E-state index in [1.165, 1.54) is 0 Å². The van der Waals surface area contributed by atoms with Crippen LogP contribution in [0.15, 0.2) is 54.6 Å². The van der Waals surface area contributed by atoms with Crippen LogP contribution < -0.4 is 5.32 Å². The number of carbonyl (C=O) groups excluding carboxylic acids is 3. The maximum atomic E-state index is 13.7. The summed E-state index contributed by atoms with van der Waals surface area (Å²) in [6, 6.07) is 16.4. The fraction of sp³-hybridized carbons (Fsp3) is 0.444. The highest BCUT2D eigenvalue weighted by Crippen LogP contribution is 2.38. The van der Waals surface area contributed by atoms with Gasteiger partial charge in [0.25, 0.3) is 5.91 Å². The summed E-state index contributed by atoms with van der Waals surface area (Å²) >= 11 is 0. The van der Waals surface area contributed by atoms with Gasteiger partial charge < -0.3 is 15.0 Å². The van der Waals surface area contributed by atoms with Gasteiger partial charge in [0.1, 0.15) is 11.8 Å². The van der Waals surface area contributed by atoms with Gasteiger partial charge in [0.2, 0.25) is 11.8 Å². The molecule has 7 heteroatoms. The highest BCUT2D eigenvalue weighted by atomic mass is 16.5. The molecule has 0 aromatic heterocycles. The first-order chi connectivity index (χ1) is 16.4. The number of nitrogens with one attached hydrogen (secondary N) is 1. The number of rotatable bonds is 6. The Hall–Kier alpha value is -3.19. The number of likely N-dealkylation sites (tertiary alicyclic amines) is 1. The average molecular weight is 464 g/mol. The summed E-state index contributed by atoms with van der Waals surface area (Å²) in [7, 11) is 0. The normalized spacial score (nSPS) is 19.3. The van der Waals surface area contributed by atoms with Crippen LogP contribution in [0.5, 0.6) is 0 Å². The molecule has 1 atom stereocenters. The zero-order chi connectivity index (χ0) is 24.1. The molecule has 0 radical (unpaired) electrons. The number of carbonyl (C=O) groups is 3. The van der Waals surface area contributed by atoms with E-state index in [0.717, 1.165) is 17.5 Å². The maximum Gasteiger partial charge on any atom is 0.256 e. The van der Waals surface area contributed by atoms with E-state index in [2.05, 4.69) is 5.32 Å². The van der Waals surface area contributed by atoms with Crippen LogP contribution >= 0.6 is 0 Å².